The van der Waals surface area contributed by atoms with Crippen molar-refractivity contribution in [3.05, 3.63) is 198 Å². The van der Waals surface area contributed by atoms with Crippen molar-refractivity contribution in [2.24, 2.45) is 0 Å². The molecule has 0 saturated carbocycles. The molecule has 2 heterocycles. The summed E-state index contributed by atoms with van der Waals surface area (Å²) in [6.07, 6.45) is 0. The Hall–Kier alpha value is -6.35. The van der Waals surface area contributed by atoms with Gasteiger partial charge in [0.05, 0.1) is 16.6 Å². The molecule has 2 heteroatoms. The van der Waals surface area contributed by atoms with Gasteiger partial charge in [0.2, 0.25) is 0 Å². The highest BCUT2D eigenvalue weighted by atomic mass is 32.1. The quantitative estimate of drug-likeness (QED) is 0.166. The lowest BCUT2D eigenvalue weighted by Gasteiger charge is -2.30. The van der Waals surface area contributed by atoms with Gasteiger partial charge >= 0.3 is 0 Å². The summed E-state index contributed by atoms with van der Waals surface area (Å²) in [5.74, 6) is 0. The predicted octanol–water partition coefficient (Wildman–Crippen LogP) is 13.4. The normalized spacial score (nSPS) is 13.5. The molecule has 0 aliphatic heterocycles. The first kappa shape index (κ1) is 28.4. The molecule has 0 saturated heterocycles. The van der Waals surface area contributed by atoms with Crippen molar-refractivity contribution < 1.29 is 0 Å². The molecular formula is C50H29NS. The maximum absolute atomic E-state index is 5.49. The third-order valence-corrected chi connectivity index (χ3v) is 12.9. The van der Waals surface area contributed by atoms with Gasteiger partial charge in [0.1, 0.15) is 0 Å². The molecule has 0 N–H and O–H groups in total. The van der Waals surface area contributed by atoms with Crippen LogP contribution in [0.4, 0.5) is 0 Å². The molecule has 240 valence electrons. The number of thiophene rings is 1. The average Bonchev–Trinajstić information content (AvgIpc) is 3.84. The monoisotopic (exact) mass is 675 g/mol. The van der Waals surface area contributed by atoms with Crippen LogP contribution in [0, 0.1) is 0 Å². The lowest BCUT2D eigenvalue weighted by molar-refractivity contribution is 0.795. The first-order chi connectivity index (χ1) is 25.8. The first-order valence-electron chi connectivity index (χ1n) is 18.0. The lowest BCUT2D eigenvalue weighted by Crippen LogP contribution is -2.25. The smallest absolute Gasteiger partial charge is 0.0788 e. The molecule has 2 aromatic heterocycles. The van der Waals surface area contributed by atoms with E-state index in [1.165, 1.54) is 92.0 Å². The number of hydrogen-bond donors (Lipinski definition) is 0. The van der Waals surface area contributed by atoms with Gasteiger partial charge in [0, 0.05) is 36.5 Å². The second-order valence-electron chi connectivity index (χ2n) is 14.2. The van der Waals surface area contributed by atoms with Gasteiger partial charge in [0.15, 0.2) is 0 Å². The van der Waals surface area contributed by atoms with Crippen molar-refractivity contribution in [3.63, 3.8) is 0 Å². The van der Waals surface area contributed by atoms with Crippen molar-refractivity contribution >= 4 is 53.2 Å². The van der Waals surface area contributed by atoms with E-state index in [1.54, 1.807) is 0 Å². The molecule has 0 amide bonds. The SMILES string of the molecule is c1cc(-c2nc3ccccc3c3cc4c(cc23)C2(c3ccccc3-c3ccccc32)c2ccccc2-4)cc(-c2cccc3c2sc2ccccc23)c1. The van der Waals surface area contributed by atoms with Crippen LogP contribution in [0.3, 0.4) is 0 Å². The highest BCUT2D eigenvalue weighted by molar-refractivity contribution is 7.26. The fourth-order valence-corrected chi connectivity index (χ4v) is 10.8. The van der Waals surface area contributed by atoms with Crippen molar-refractivity contribution in [2.75, 3.05) is 0 Å². The number of rotatable bonds is 2. The Kier molecular flexibility index (Phi) is 5.65. The van der Waals surface area contributed by atoms with E-state index >= 15 is 0 Å². The minimum atomic E-state index is -0.408. The van der Waals surface area contributed by atoms with Crippen LogP contribution < -0.4 is 0 Å². The third-order valence-electron chi connectivity index (χ3n) is 11.7. The highest BCUT2D eigenvalue weighted by Crippen LogP contribution is 2.63. The summed E-state index contributed by atoms with van der Waals surface area (Å²) in [5.41, 5.74) is 15.9. The Labute approximate surface area is 305 Å². The fourth-order valence-electron chi connectivity index (χ4n) is 9.57. The summed E-state index contributed by atoms with van der Waals surface area (Å²) in [6.45, 7) is 0. The maximum atomic E-state index is 5.49. The average molecular weight is 676 g/mol. The summed E-state index contributed by atoms with van der Waals surface area (Å²) in [7, 11) is 0. The van der Waals surface area contributed by atoms with Crippen LogP contribution >= 0.6 is 11.3 Å². The molecule has 0 atom stereocenters. The Morgan fingerprint density at radius 2 is 0.942 bits per heavy atom. The zero-order chi connectivity index (χ0) is 34.0. The number of benzene rings is 8. The Morgan fingerprint density at radius 3 is 1.71 bits per heavy atom. The van der Waals surface area contributed by atoms with E-state index in [0.717, 1.165) is 16.8 Å². The van der Waals surface area contributed by atoms with E-state index in [1.807, 2.05) is 11.3 Å². The summed E-state index contributed by atoms with van der Waals surface area (Å²) in [6, 6.07) is 65.3. The summed E-state index contributed by atoms with van der Waals surface area (Å²) in [4.78, 5) is 5.49. The highest BCUT2D eigenvalue weighted by Gasteiger charge is 2.51. The zero-order valence-electron chi connectivity index (χ0n) is 28.1. The Morgan fingerprint density at radius 1 is 0.365 bits per heavy atom. The number of para-hydroxylation sites is 1. The fraction of sp³-hybridized carbons (Fsp3) is 0.0200. The van der Waals surface area contributed by atoms with E-state index in [4.69, 9.17) is 4.98 Å². The number of aromatic nitrogens is 1. The van der Waals surface area contributed by atoms with Gasteiger partial charge < -0.3 is 0 Å². The van der Waals surface area contributed by atoms with E-state index in [-0.39, 0.29) is 0 Å². The van der Waals surface area contributed by atoms with Crippen LogP contribution in [0.1, 0.15) is 22.3 Å². The van der Waals surface area contributed by atoms with Gasteiger partial charge in [-0.05, 0) is 91.4 Å². The minimum Gasteiger partial charge on any atom is -0.247 e. The van der Waals surface area contributed by atoms with Crippen LogP contribution in [0.25, 0.3) is 86.5 Å². The van der Waals surface area contributed by atoms with Gasteiger partial charge in [-0.15, -0.1) is 11.3 Å². The Balaban J connectivity index is 1.17. The minimum absolute atomic E-state index is 0.408. The van der Waals surface area contributed by atoms with Crippen LogP contribution in [-0.2, 0) is 5.41 Å². The summed E-state index contributed by atoms with van der Waals surface area (Å²) >= 11 is 1.88. The largest absolute Gasteiger partial charge is 0.247 e. The maximum Gasteiger partial charge on any atom is 0.0788 e. The number of fused-ring (bicyclic) bond motifs is 16. The van der Waals surface area contributed by atoms with Crippen molar-refractivity contribution in [1.82, 2.24) is 4.98 Å². The first-order valence-corrected chi connectivity index (χ1v) is 18.8. The molecule has 12 rings (SSSR count). The Bertz CT molecular complexity index is 3100. The molecule has 1 nitrogen and oxygen atoms in total. The van der Waals surface area contributed by atoms with E-state index in [0.29, 0.717) is 0 Å². The van der Waals surface area contributed by atoms with Gasteiger partial charge in [0.25, 0.3) is 0 Å². The molecule has 2 aliphatic rings. The van der Waals surface area contributed by atoms with Gasteiger partial charge in [-0.3, -0.25) is 0 Å². The van der Waals surface area contributed by atoms with Gasteiger partial charge in [-0.2, -0.15) is 0 Å². The number of hydrogen-bond acceptors (Lipinski definition) is 2. The lowest BCUT2D eigenvalue weighted by atomic mass is 9.70. The second kappa shape index (κ2) is 10.4. The molecule has 0 radical (unpaired) electrons. The predicted molar refractivity (Wildman–Crippen MR) is 219 cm³/mol. The van der Waals surface area contributed by atoms with Crippen LogP contribution in [-0.4, -0.2) is 4.98 Å². The number of pyridine rings is 1. The molecule has 0 unspecified atom stereocenters. The molecule has 52 heavy (non-hydrogen) atoms. The molecule has 0 fully saturated rings. The van der Waals surface area contributed by atoms with Crippen LogP contribution in [0.15, 0.2) is 176 Å². The molecule has 10 aromatic rings. The summed E-state index contributed by atoms with van der Waals surface area (Å²) < 4.78 is 2.65. The zero-order valence-corrected chi connectivity index (χ0v) is 28.9. The van der Waals surface area contributed by atoms with Gasteiger partial charge in [-0.1, -0.05) is 146 Å². The van der Waals surface area contributed by atoms with Gasteiger partial charge in [-0.25, -0.2) is 4.98 Å². The van der Waals surface area contributed by atoms with E-state index in [2.05, 4.69) is 176 Å². The van der Waals surface area contributed by atoms with Crippen molar-refractivity contribution in [3.8, 4) is 44.6 Å². The van der Waals surface area contributed by atoms with Crippen LogP contribution in [0.2, 0.25) is 0 Å². The molecule has 1 spiro atoms. The van der Waals surface area contributed by atoms with E-state index in [9.17, 15) is 0 Å². The third kappa shape index (κ3) is 3.59. The molecular weight excluding hydrogens is 647 g/mol. The molecule has 0 bridgehead atoms. The van der Waals surface area contributed by atoms with E-state index < -0.39 is 5.41 Å². The number of nitrogens with zero attached hydrogens (tertiary/aromatic N) is 1. The van der Waals surface area contributed by atoms with Crippen molar-refractivity contribution in [1.29, 1.82) is 0 Å². The second-order valence-corrected chi connectivity index (χ2v) is 15.2. The molecule has 2 aliphatic carbocycles. The topological polar surface area (TPSA) is 12.9 Å². The molecule has 8 aromatic carbocycles. The standard InChI is InChI=1S/C50H29NS/c1-6-22-42-33(15-1)34-16-2-7-23-43(34)50(42)44-24-8-3-17-35(44)40-28-39-36-18-4-9-25-46(36)51-48(41(39)29-45(40)50)31-14-11-13-30(27-31)32-20-12-21-38-37-19-5-10-26-47(37)52-49(32)38/h1-29H. The summed E-state index contributed by atoms with van der Waals surface area (Å²) in [5, 5.41) is 6.24. The van der Waals surface area contributed by atoms with Crippen molar-refractivity contribution in [2.45, 2.75) is 5.41 Å². The van der Waals surface area contributed by atoms with Crippen LogP contribution in [0.5, 0.6) is 0 Å².